The molecule has 0 aliphatic heterocycles. The molecular formula is C16H14N+. The molecule has 0 amide bonds. The zero-order valence-corrected chi connectivity index (χ0v) is 10.0. The first-order valence-electron chi connectivity index (χ1n) is 5.81. The highest BCUT2D eigenvalue weighted by Gasteiger charge is 2.14. The van der Waals surface area contributed by atoms with Gasteiger partial charge >= 0.3 is 0 Å². The van der Waals surface area contributed by atoms with Gasteiger partial charge in [0.05, 0.1) is 17.8 Å². The van der Waals surface area contributed by atoms with Crippen LogP contribution in [0, 0.1) is 19.9 Å². The molecule has 1 N–H and O–H groups in total. The summed E-state index contributed by atoms with van der Waals surface area (Å²) in [6, 6.07) is 6.52. The Morgan fingerprint density at radius 1 is 1.18 bits per heavy atom. The van der Waals surface area contributed by atoms with Gasteiger partial charge < -0.3 is 4.98 Å². The number of H-pyrrole nitrogens is 1. The van der Waals surface area contributed by atoms with Crippen molar-refractivity contribution in [1.29, 1.82) is 0 Å². The second kappa shape index (κ2) is 3.73. The molecule has 0 saturated heterocycles. The second-order valence-electron chi connectivity index (χ2n) is 4.46. The molecule has 3 rings (SSSR count). The number of hydrogen-bond acceptors (Lipinski definition) is 0. The van der Waals surface area contributed by atoms with Crippen LogP contribution in [0.1, 0.15) is 16.8 Å². The van der Waals surface area contributed by atoms with E-state index in [1.54, 1.807) is 0 Å². The molecule has 1 aromatic carbocycles. The lowest BCUT2D eigenvalue weighted by Gasteiger charge is -1.96. The molecule has 1 heteroatoms. The van der Waals surface area contributed by atoms with Gasteiger partial charge in [0, 0.05) is 17.0 Å². The van der Waals surface area contributed by atoms with Crippen LogP contribution >= 0.6 is 0 Å². The van der Waals surface area contributed by atoms with E-state index in [4.69, 9.17) is 0 Å². The highest BCUT2D eigenvalue weighted by atomic mass is 14.7. The van der Waals surface area contributed by atoms with Crippen LogP contribution in [0.4, 0.5) is 0 Å². The highest BCUT2D eigenvalue weighted by molar-refractivity contribution is 5.91. The first kappa shape index (κ1) is 10.1. The summed E-state index contributed by atoms with van der Waals surface area (Å²) in [7, 11) is 0. The van der Waals surface area contributed by atoms with Crippen LogP contribution < -0.4 is 0 Å². The van der Waals surface area contributed by atoms with Gasteiger partial charge in [-0.05, 0) is 31.5 Å². The van der Waals surface area contributed by atoms with Crippen LogP contribution in [0.2, 0.25) is 0 Å². The fraction of sp³-hybridized carbons (Fsp3) is 0.125. The lowest BCUT2D eigenvalue weighted by atomic mass is 10.0. The molecule has 1 aliphatic carbocycles. The minimum Gasteiger partial charge on any atom is -0.352 e. The summed E-state index contributed by atoms with van der Waals surface area (Å²) >= 11 is 0. The molecule has 0 radical (unpaired) electrons. The molecule has 1 aromatic heterocycles. The molecule has 1 nitrogen and oxygen atoms in total. The zero-order chi connectivity index (χ0) is 11.8. The van der Waals surface area contributed by atoms with E-state index < -0.39 is 0 Å². The zero-order valence-electron chi connectivity index (χ0n) is 10.0. The Hall–Kier alpha value is -2.11. The number of allylic oxidation sites excluding steroid dienone is 6. The SMILES string of the molecule is Cc1ccc2[nH]c(C3=CC=[C+]C=C3)c(C)c2c1. The second-order valence-corrected chi connectivity index (χ2v) is 4.46. The molecular weight excluding hydrogens is 206 g/mol. The van der Waals surface area contributed by atoms with Gasteiger partial charge in [0.2, 0.25) is 0 Å². The van der Waals surface area contributed by atoms with E-state index in [1.807, 2.05) is 12.2 Å². The fourth-order valence-electron chi connectivity index (χ4n) is 2.28. The standard InChI is InChI=1S/C16H14N/c1-11-8-9-15-14(10-11)12(2)16(17-15)13-6-4-3-5-7-13/h4-10,17H,1-2H3/q+1. The van der Waals surface area contributed by atoms with E-state index in [2.05, 4.69) is 55.3 Å². The maximum absolute atomic E-state index is 3.49. The van der Waals surface area contributed by atoms with E-state index in [9.17, 15) is 0 Å². The van der Waals surface area contributed by atoms with Crippen LogP contribution in [0.15, 0.2) is 42.5 Å². The highest BCUT2D eigenvalue weighted by Crippen LogP contribution is 2.28. The molecule has 0 spiro atoms. The Balaban J connectivity index is 2.24. The minimum atomic E-state index is 1.20. The van der Waals surface area contributed by atoms with Gasteiger partial charge in [-0.25, -0.2) is 0 Å². The molecule has 82 valence electrons. The number of fused-ring (bicyclic) bond motifs is 1. The first-order valence-corrected chi connectivity index (χ1v) is 5.81. The average molecular weight is 220 g/mol. The van der Waals surface area contributed by atoms with Gasteiger partial charge in [-0.3, -0.25) is 0 Å². The monoisotopic (exact) mass is 220 g/mol. The van der Waals surface area contributed by atoms with Crippen molar-refractivity contribution in [3.8, 4) is 0 Å². The summed E-state index contributed by atoms with van der Waals surface area (Å²) < 4.78 is 0. The maximum atomic E-state index is 3.49. The van der Waals surface area contributed by atoms with Crippen LogP contribution in [0.25, 0.3) is 16.5 Å². The Morgan fingerprint density at radius 2 is 2.06 bits per heavy atom. The summed E-state index contributed by atoms with van der Waals surface area (Å²) in [4.78, 5) is 3.49. The van der Waals surface area contributed by atoms with Crippen molar-refractivity contribution in [2.24, 2.45) is 0 Å². The number of hydrogen-bond donors (Lipinski definition) is 1. The largest absolute Gasteiger partial charge is 0.352 e. The number of aromatic amines is 1. The van der Waals surface area contributed by atoms with E-state index in [0.717, 1.165) is 0 Å². The van der Waals surface area contributed by atoms with Crippen LogP contribution in [0.5, 0.6) is 0 Å². The van der Waals surface area contributed by atoms with E-state index in [0.29, 0.717) is 0 Å². The number of aromatic nitrogens is 1. The lowest BCUT2D eigenvalue weighted by molar-refractivity contribution is 1.35. The van der Waals surface area contributed by atoms with Crippen molar-refractivity contribution in [1.82, 2.24) is 4.98 Å². The van der Waals surface area contributed by atoms with Crippen molar-refractivity contribution >= 4 is 16.5 Å². The van der Waals surface area contributed by atoms with Gasteiger partial charge in [0.15, 0.2) is 0 Å². The Morgan fingerprint density at radius 3 is 2.82 bits per heavy atom. The summed E-state index contributed by atoms with van der Waals surface area (Å²) in [6.07, 6.45) is 11.1. The molecule has 0 fully saturated rings. The maximum Gasteiger partial charge on any atom is 0.109 e. The Labute approximate surface area is 101 Å². The average Bonchev–Trinajstić information content (AvgIpc) is 2.68. The molecule has 0 atom stereocenters. The van der Waals surface area contributed by atoms with Crippen molar-refractivity contribution in [2.45, 2.75) is 13.8 Å². The molecule has 1 heterocycles. The van der Waals surface area contributed by atoms with E-state index in [1.165, 1.54) is 33.3 Å². The fourth-order valence-corrected chi connectivity index (χ4v) is 2.28. The molecule has 0 bridgehead atoms. The first-order chi connectivity index (χ1) is 8.25. The molecule has 1 aliphatic rings. The topological polar surface area (TPSA) is 15.8 Å². The molecule has 17 heavy (non-hydrogen) atoms. The predicted octanol–water partition coefficient (Wildman–Crippen LogP) is 4.10. The van der Waals surface area contributed by atoms with Gasteiger partial charge in [-0.1, -0.05) is 11.6 Å². The van der Waals surface area contributed by atoms with E-state index >= 15 is 0 Å². The van der Waals surface area contributed by atoms with Crippen molar-refractivity contribution in [2.75, 3.05) is 0 Å². The predicted molar refractivity (Wildman–Crippen MR) is 72.7 cm³/mol. The summed E-state index contributed by atoms with van der Waals surface area (Å²) in [5.74, 6) is 0. The molecule has 0 unspecified atom stereocenters. The molecule has 0 saturated carbocycles. The summed E-state index contributed by atoms with van der Waals surface area (Å²) in [5.41, 5.74) is 6.24. The van der Waals surface area contributed by atoms with Gasteiger partial charge in [-0.15, -0.1) is 0 Å². The Kier molecular flexibility index (Phi) is 2.21. The third-order valence-corrected chi connectivity index (χ3v) is 3.22. The van der Waals surface area contributed by atoms with Gasteiger partial charge in [-0.2, -0.15) is 0 Å². The van der Waals surface area contributed by atoms with Crippen molar-refractivity contribution < 1.29 is 0 Å². The van der Waals surface area contributed by atoms with Crippen LogP contribution in [-0.4, -0.2) is 4.98 Å². The summed E-state index contributed by atoms with van der Waals surface area (Å²) in [5, 5.41) is 1.31. The molecule has 2 aromatic rings. The number of benzene rings is 1. The van der Waals surface area contributed by atoms with Gasteiger partial charge in [0.1, 0.15) is 17.7 Å². The quantitative estimate of drug-likeness (QED) is 0.696. The third-order valence-electron chi connectivity index (χ3n) is 3.22. The summed E-state index contributed by atoms with van der Waals surface area (Å²) in [6.45, 7) is 4.30. The van der Waals surface area contributed by atoms with Crippen molar-refractivity contribution in [3.05, 3.63) is 65.4 Å². The Bertz CT molecular complexity index is 666. The van der Waals surface area contributed by atoms with Gasteiger partial charge in [0.25, 0.3) is 0 Å². The normalized spacial score (nSPS) is 13.9. The van der Waals surface area contributed by atoms with E-state index in [-0.39, 0.29) is 0 Å². The van der Waals surface area contributed by atoms with Crippen LogP contribution in [0.3, 0.4) is 0 Å². The third kappa shape index (κ3) is 1.61. The number of nitrogens with one attached hydrogen (secondary N) is 1. The minimum absolute atomic E-state index is 1.20. The number of aryl methyl sites for hydroxylation is 2. The van der Waals surface area contributed by atoms with Crippen molar-refractivity contribution in [3.63, 3.8) is 0 Å². The smallest absolute Gasteiger partial charge is 0.109 e. The lowest BCUT2D eigenvalue weighted by Crippen LogP contribution is -1.85. The number of rotatable bonds is 1. The van der Waals surface area contributed by atoms with Crippen LogP contribution in [-0.2, 0) is 0 Å².